The van der Waals surface area contributed by atoms with Crippen LogP contribution in [-0.2, 0) is 0 Å². The van der Waals surface area contributed by atoms with Gasteiger partial charge in [0.2, 0.25) is 0 Å². The summed E-state index contributed by atoms with van der Waals surface area (Å²) in [5.74, 6) is -0.817. The SMILES string of the molecule is O=C(NCCCN(C(=O)Nc1ccc(Cl)cc1)c1ccccc1)c1cccc(F)c1. The molecule has 5 nitrogen and oxygen atoms in total. The van der Waals surface area contributed by atoms with Crippen molar-refractivity contribution >= 4 is 34.9 Å². The second kappa shape index (κ2) is 10.4. The Morgan fingerprint density at radius 2 is 1.67 bits per heavy atom. The number of nitrogens with one attached hydrogen (secondary N) is 2. The van der Waals surface area contributed by atoms with Gasteiger partial charge in [0.1, 0.15) is 5.82 Å². The highest BCUT2D eigenvalue weighted by Gasteiger charge is 2.16. The molecule has 0 radical (unpaired) electrons. The average molecular weight is 426 g/mol. The number of hydrogen-bond acceptors (Lipinski definition) is 2. The normalized spacial score (nSPS) is 10.3. The minimum absolute atomic E-state index is 0.260. The van der Waals surface area contributed by atoms with E-state index in [4.69, 9.17) is 11.6 Å². The molecule has 3 aromatic rings. The smallest absolute Gasteiger partial charge is 0.326 e. The van der Waals surface area contributed by atoms with Gasteiger partial charge in [-0.3, -0.25) is 9.69 Å². The minimum atomic E-state index is -0.461. The molecule has 0 aliphatic heterocycles. The fourth-order valence-corrected chi connectivity index (χ4v) is 2.98. The van der Waals surface area contributed by atoms with E-state index in [0.29, 0.717) is 30.2 Å². The summed E-state index contributed by atoms with van der Waals surface area (Å²) < 4.78 is 13.3. The summed E-state index contributed by atoms with van der Waals surface area (Å²) in [6.45, 7) is 0.722. The summed E-state index contributed by atoms with van der Waals surface area (Å²) in [6, 6.07) is 21.3. The molecule has 2 N–H and O–H groups in total. The zero-order chi connectivity index (χ0) is 21.3. The number of rotatable bonds is 7. The zero-order valence-electron chi connectivity index (χ0n) is 16.1. The molecule has 3 amide bonds. The number of urea groups is 1. The van der Waals surface area contributed by atoms with Crippen LogP contribution in [0.5, 0.6) is 0 Å². The Morgan fingerprint density at radius 3 is 2.37 bits per heavy atom. The molecule has 0 aliphatic rings. The van der Waals surface area contributed by atoms with Gasteiger partial charge in [0.15, 0.2) is 0 Å². The maximum atomic E-state index is 13.3. The van der Waals surface area contributed by atoms with Gasteiger partial charge in [-0.2, -0.15) is 0 Å². The summed E-state index contributed by atoms with van der Waals surface area (Å²) in [5.41, 5.74) is 1.63. The molecule has 0 saturated carbocycles. The Kier molecular flexibility index (Phi) is 7.40. The number of hydrogen-bond donors (Lipinski definition) is 2. The highest BCUT2D eigenvalue weighted by atomic mass is 35.5. The zero-order valence-corrected chi connectivity index (χ0v) is 16.9. The van der Waals surface area contributed by atoms with E-state index in [1.54, 1.807) is 35.2 Å². The first-order valence-corrected chi connectivity index (χ1v) is 9.83. The Bertz CT molecular complexity index is 997. The van der Waals surface area contributed by atoms with Crippen molar-refractivity contribution in [1.29, 1.82) is 0 Å². The highest BCUT2D eigenvalue weighted by molar-refractivity contribution is 6.30. The van der Waals surface area contributed by atoms with Crippen LogP contribution in [0.2, 0.25) is 5.02 Å². The maximum Gasteiger partial charge on any atom is 0.326 e. The van der Waals surface area contributed by atoms with E-state index in [2.05, 4.69) is 10.6 Å². The Hall–Kier alpha value is -3.38. The van der Waals surface area contributed by atoms with Gasteiger partial charge in [0.25, 0.3) is 5.91 Å². The van der Waals surface area contributed by atoms with E-state index in [-0.39, 0.29) is 17.5 Å². The van der Waals surface area contributed by atoms with E-state index in [0.717, 1.165) is 5.69 Å². The summed E-state index contributed by atoms with van der Waals surface area (Å²) in [7, 11) is 0. The maximum absolute atomic E-state index is 13.3. The molecule has 0 atom stereocenters. The van der Waals surface area contributed by atoms with Gasteiger partial charge in [-0.25, -0.2) is 9.18 Å². The van der Waals surface area contributed by atoms with Gasteiger partial charge < -0.3 is 10.6 Å². The van der Waals surface area contributed by atoms with Gasteiger partial charge in [-0.1, -0.05) is 35.9 Å². The lowest BCUT2D eigenvalue weighted by atomic mass is 10.2. The van der Waals surface area contributed by atoms with Crippen molar-refractivity contribution in [3.8, 4) is 0 Å². The Balaban J connectivity index is 1.59. The van der Waals surface area contributed by atoms with Gasteiger partial charge in [-0.05, 0) is 61.0 Å². The molecule has 0 heterocycles. The van der Waals surface area contributed by atoms with Crippen LogP contribution < -0.4 is 15.5 Å². The lowest BCUT2D eigenvalue weighted by Crippen LogP contribution is -2.37. The van der Waals surface area contributed by atoms with Crippen LogP contribution >= 0.6 is 11.6 Å². The van der Waals surface area contributed by atoms with E-state index in [9.17, 15) is 14.0 Å². The number of carbonyl (C=O) groups is 2. The topological polar surface area (TPSA) is 61.4 Å². The highest BCUT2D eigenvalue weighted by Crippen LogP contribution is 2.18. The molecule has 0 spiro atoms. The molecule has 3 aromatic carbocycles. The molecule has 0 unspecified atom stereocenters. The lowest BCUT2D eigenvalue weighted by molar-refractivity contribution is 0.0953. The molecule has 7 heteroatoms. The Labute approximate surface area is 179 Å². The molecule has 0 saturated heterocycles. The number of benzene rings is 3. The van der Waals surface area contributed by atoms with Crippen molar-refractivity contribution in [2.75, 3.05) is 23.3 Å². The fraction of sp³-hybridized carbons (Fsp3) is 0.130. The number of carbonyl (C=O) groups excluding carboxylic acids is 2. The van der Waals surface area contributed by atoms with Gasteiger partial charge in [-0.15, -0.1) is 0 Å². The number of nitrogens with zero attached hydrogens (tertiary/aromatic N) is 1. The van der Waals surface area contributed by atoms with Crippen LogP contribution in [0.4, 0.5) is 20.6 Å². The van der Waals surface area contributed by atoms with Gasteiger partial charge in [0, 0.05) is 35.1 Å². The molecular formula is C23H21ClFN3O2. The molecule has 154 valence electrons. The summed E-state index contributed by atoms with van der Waals surface area (Å²) >= 11 is 5.89. The van der Waals surface area contributed by atoms with Gasteiger partial charge in [0.05, 0.1) is 0 Å². The number of para-hydroxylation sites is 1. The number of halogens is 2. The van der Waals surface area contributed by atoms with Gasteiger partial charge >= 0.3 is 6.03 Å². The van der Waals surface area contributed by atoms with E-state index in [1.807, 2.05) is 30.3 Å². The predicted molar refractivity (Wildman–Crippen MR) is 118 cm³/mol. The van der Waals surface area contributed by atoms with Crippen LogP contribution in [0.25, 0.3) is 0 Å². The predicted octanol–water partition coefficient (Wildman–Crippen LogP) is 5.34. The van der Waals surface area contributed by atoms with Crippen molar-refractivity contribution in [3.05, 3.63) is 95.3 Å². The van der Waals surface area contributed by atoms with Crippen molar-refractivity contribution in [3.63, 3.8) is 0 Å². The number of amides is 3. The second-order valence-electron chi connectivity index (χ2n) is 6.54. The number of anilines is 2. The molecule has 0 fully saturated rings. The molecule has 30 heavy (non-hydrogen) atoms. The van der Waals surface area contributed by atoms with Crippen molar-refractivity contribution < 1.29 is 14.0 Å². The van der Waals surface area contributed by atoms with Crippen molar-refractivity contribution in [2.45, 2.75) is 6.42 Å². The molecule has 0 bridgehead atoms. The summed E-state index contributed by atoms with van der Waals surface area (Å²) in [5, 5.41) is 6.18. The first-order chi connectivity index (χ1) is 14.5. The minimum Gasteiger partial charge on any atom is -0.352 e. The van der Waals surface area contributed by atoms with E-state index >= 15 is 0 Å². The molecule has 3 rings (SSSR count). The third-order valence-corrected chi connectivity index (χ3v) is 4.59. The van der Waals surface area contributed by atoms with E-state index < -0.39 is 5.82 Å². The van der Waals surface area contributed by atoms with Crippen LogP contribution in [0, 0.1) is 5.82 Å². The van der Waals surface area contributed by atoms with Crippen LogP contribution in [0.15, 0.2) is 78.9 Å². The second-order valence-corrected chi connectivity index (χ2v) is 6.98. The standard InChI is InChI=1S/C23H21ClFN3O2/c24-18-10-12-20(13-11-18)27-23(30)28(21-8-2-1-3-9-21)15-5-14-26-22(29)17-6-4-7-19(25)16-17/h1-4,6-13,16H,5,14-15H2,(H,26,29)(H,27,30). The summed E-state index contributed by atoms with van der Waals surface area (Å²) in [4.78, 5) is 26.6. The monoisotopic (exact) mass is 425 g/mol. The molecule has 0 aliphatic carbocycles. The largest absolute Gasteiger partial charge is 0.352 e. The first kappa shape index (κ1) is 21.3. The Morgan fingerprint density at radius 1 is 0.933 bits per heavy atom. The quantitative estimate of drug-likeness (QED) is 0.502. The first-order valence-electron chi connectivity index (χ1n) is 9.46. The fourth-order valence-electron chi connectivity index (χ4n) is 2.85. The third-order valence-electron chi connectivity index (χ3n) is 4.34. The van der Waals surface area contributed by atoms with Crippen molar-refractivity contribution in [1.82, 2.24) is 5.32 Å². The third kappa shape index (κ3) is 6.06. The summed E-state index contributed by atoms with van der Waals surface area (Å²) in [6.07, 6.45) is 0.518. The lowest BCUT2D eigenvalue weighted by Gasteiger charge is -2.23. The van der Waals surface area contributed by atoms with Crippen molar-refractivity contribution in [2.24, 2.45) is 0 Å². The molecule has 0 aromatic heterocycles. The van der Waals surface area contributed by atoms with E-state index in [1.165, 1.54) is 18.2 Å². The average Bonchev–Trinajstić information content (AvgIpc) is 2.75. The molecular weight excluding hydrogens is 405 g/mol. The van der Waals surface area contributed by atoms with Crippen LogP contribution in [0.1, 0.15) is 16.8 Å². The van der Waals surface area contributed by atoms with Crippen LogP contribution in [-0.4, -0.2) is 25.0 Å². The van der Waals surface area contributed by atoms with Crippen LogP contribution in [0.3, 0.4) is 0 Å².